The molecule has 0 aromatic carbocycles. The molecule has 0 radical (unpaired) electrons. The summed E-state index contributed by atoms with van der Waals surface area (Å²) in [7, 11) is 0. The van der Waals surface area contributed by atoms with Crippen molar-refractivity contribution in [2.24, 2.45) is 4.99 Å². The highest BCUT2D eigenvalue weighted by atomic mass is 14.7. The number of hydrogen-bond acceptors (Lipinski definition) is 1. The third-order valence-corrected chi connectivity index (χ3v) is 1.92. The predicted octanol–water partition coefficient (Wildman–Crippen LogP) is 4.84. The Hall–Kier alpha value is -1.37. The minimum atomic E-state index is 1.04. The summed E-state index contributed by atoms with van der Waals surface area (Å²) in [6.45, 7) is 6.08. The van der Waals surface area contributed by atoms with Crippen LogP contribution in [0.3, 0.4) is 0 Å². The third-order valence-electron chi connectivity index (χ3n) is 1.92. The number of allylic oxidation sites excluding steroid dienone is 7. The number of unbranched alkanes of at least 4 members (excludes halogenated alkanes) is 1. The maximum absolute atomic E-state index is 4.27. The maximum Gasteiger partial charge on any atom is 0.0582 e. The molecule has 0 unspecified atom stereocenters. The van der Waals surface area contributed by atoms with E-state index in [4.69, 9.17) is 0 Å². The first-order valence-electron chi connectivity index (χ1n) is 5.98. The van der Waals surface area contributed by atoms with Gasteiger partial charge in [0.05, 0.1) is 5.70 Å². The van der Waals surface area contributed by atoms with Crippen LogP contribution in [0.4, 0.5) is 0 Å². The zero-order valence-electron chi connectivity index (χ0n) is 10.7. The Morgan fingerprint density at radius 2 is 1.81 bits per heavy atom. The van der Waals surface area contributed by atoms with E-state index in [0.29, 0.717) is 0 Å². The second-order valence-corrected chi connectivity index (χ2v) is 3.36. The van der Waals surface area contributed by atoms with E-state index in [1.54, 1.807) is 0 Å². The SMILES string of the molecule is C\C=N/C(=C\CC/C=C\C=C/CC)/C=C/C. The zero-order valence-corrected chi connectivity index (χ0v) is 10.7. The lowest BCUT2D eigenvalue weighted by molar-refractivity contribution is 1.04. The topological polar surface area (TPSA) is 12.4 Å². The smallest absolute Gasteiger partial charge is 0.0582 e. The average Bonchev–Trinajstić information content (AvgIpc) is 2.28. The molecule has 0 rings (SSSR count). The fourth-order valence-corrected chi connectivity index (χ4v) is 1.20. The molecular weight excluding hydrogens is 194 g/mol. The van der Waals surface area contributed by atoms with Gasteiger partial charge >= 0.3 is 0 Å². The second kappa shape index (κ2) is 11.7. The van der Waals surface area contributed by atoms with Gasteiger partial charge in [0.15, 0.2) is 0 Å². The fraction of sp³-hybridized carbons (Fsp3) is 0.400. The summed E-state index contributed by atoms with van der Waals surface area (Å²) in [6, 6.07) is 0. The molecule has 16 heavy (non-hydrogen) atoms. The lowest BCUT2D eigenvalue weighted by atomic mass is 10.2. The summed E-state index contributed by atoms with van der Waals surface area (Å²) in [5.74, 6) is 0. The van der Waals surface area contributed by atoms with Gasteiger partial charge in [-0.1, -0.05) is 43.4 Å². The summed E-state index contributed by atoms with van der Waals surface area (Å²) < 4.78 is 0. The van der Waals surface area contributed by atoms with Crippen molar-refractivity contribution in [1.82, 2.24) is 0 Å². The molecule has 0 saturated carbocycles. The first kappa shape index (κ1) is 14.6. The van der Waals surface area contributed by atoms with E-state index in [1.807, 2.05) is 32.2 Å². The molecule has 0 saturated heterocycles. The van der Waals surface area contributed by atoms with Crippen molar-refractivity contribution in [3.05, 3.63) is 48.2 Å². The van der Waals surface area contributed by atoms with Crippen LogP contribution in [0, 0.1) is 0 Å². The van der Waals surface area contributed by atoms with Crippen molar-refractivity contribution in [2.45, 2.75) is 40.0 Å². The van der Waals surface area contributed by atoms with Crippen molar-refractivity contribution in [1.29, 1.82) is 0 Å². The van der Waals surface area contributed by atoms with Crippen molar-refractivity contribution in [3.8, 4) is 0 Å². The molecule has 0 fully saturated rings. The average molecular weight is 217 g/mol. The monoisotopic (exact) mass is 217 g/mol. The summed E-state index contributed by atoms with van der Waals surface area (Å²) in [5, 5.41) is 0. The molecule has 0 aliphatic heterocycles. The van der Waals surface area contributed by atoms with Crippen molar-refractivity contribution in [3.63, 3.8) is 0 Å². The number of rotatable bonds is 7. The van der Waals surface area contributed by atoms with E-state index in [9.17, 15) is 0 Å². The molecular formula is C15H23N. The Labute approximate surface area is 100.0 Å². The van der Waals surface area contributed by atoms with Crippen LogP contribution in [-0.2, 0) is 0 Å². The zero-order chi connectivity index (χ0) is 12.1. The van der Waals surface area contributed by atoms with Crippen LogP contribution in [-0.4, -0.2) is 6.21 Å². The summed E-state index contributed by atoms with van der Waals surface area (Å²) in [5.41, 5.74) is 1.04. The standard InChI is InChI=1S/C15H23N/c1-4-7-8-9-10-11-12-14-15(13-5-2)16-6-3/h5-10,13-14H,4,11-12H2,1-3H3/b8-7-,10-9-,13-5+,15-14-,16-6-. The summed E-state index contributed by atoms with van der Waals surface area (Å²) >= 11 is 0. The number of hydrogen-bond donors (Lipinski definition) is 0. The highest BCUT2D eigenvalue weighted by Crippen LogP contribution is 2.03. The lowest BCUT2D eigenvalue weighted by Gasteiger charge is -1.92. The van der Waals surface area contributed by atoms with Gasteiger partial charge in [-0.2, -0.15) is 0 Å². The minimum absolute atomic E-state index is 1.04. The molecule has 0 aromatic rings. The molecule has 1 heteroatoms. The second-order valence-electron chi connectivity index (χ2n) is 3.36. The Morgan fingerprint density at radius 1 is 1.06 bits per heavy atom. The molecule has 0 spiro atoms. The van der Waals surface area contributed by atoms with Crippen LogP contribution in [0.1, 0.15) is 40.0 Å². The van der Waals surface area contributed by atoms with Gasteiger partial charge in [-0.05, 0) is 39.2 Å². The van der Waals surface area contributed by atoms with Crippen molar-refractivity contribution >= 4 is 6.21 Å². The van der Waals surface area contributed by atoms with Gasteiger partial charge in [0.2, 0.25) is 0 Å². The predicted molar refractivity (Wildman–Crippen MR) is 74.9 cm³/mol. The molecule has 0 heterocycles. The van der Waals surface area contributed by atoms with E-state index in [-0.39, 0.29) is 0 Å². The molecule has 0 amide bonds. The van der Waals surface area contributed by atoms with E-state index in [1.165, 1.54) is 0 Å². The van der Waals surface area contributed by atoms with Crippen LogP contribution < -0.4 is 0 Å². The van der Waals surface area contributed by atoms with Gasteiger partial charge in [-0.3, -0.25) is 4.99 Å². The molecule has 0 atom stereocenters. The summed E-state index contributed by atoms with van der Waals surface area (Å²) in [4.78, 5) is 4.27. The van der Waals surface area contributed by atoms with Gasteiger partial charge in [-0.25, -0.2) is 0 Å². The highest BCUT2D eigenvalue weighted by Gasteiger charge is 1.84. The van der Waals surface area contributed by atoms with Crippen LogP contribution in [0.2, 0.25) is 0 Å². The molecule has 1 nitrogen and oxygen atoms in total. The number of nitrogens with zero attached hydrogens (tertiary/aromatic N) is 1. The highest BCUT2D eigenvalue weighted by molar-refractivity contribution is 5.56. The third kappa shape index (κ3) is 9.20. The van der Waals surface area contributed by atoms with Gasteiger partial charge in [0.1, 0.15) is 0 Å². The van der Waals surface area contributed by atoms with Crippen LogP contribution >= 0.6 is 0 Å². The molecule has 0 aromatic heterocycles. The Bertz CT molecular complexity index is 277. The quantitative estimate of drug-likeness (QED) is 0.329. The van der Waals surface area contributed by atoms with E-state index in [2.05, 4.69) is 42.3 Å². The van der Waals surface area contributed by atoms with Gasteiger partial charge in [0.25, 0.3) is 0 Å². The maximum atomic E-state index is 4.27. The lowest BCUT2D eigenvalue weighted by Crippen LogP contribution is -1.74. The first-order valence-corrected chi connectivity index (χ1v) is 5.98. The van der Waals surface area contributed by atoms with E-state index >= 15 is 0 Å². The molecule has 0 aliphatic rings. The van der Waals surface area contributed by atoms with E-state index < -0.39 is 0 Å². The largest absolute Gasteiger partial charge is 0.262 e. The van der Waals surface area contributed by atoms with Gasteiger partial charge in [0, 0.05) is 6.21 Å². The van der Waals surface area contributed by atoms with E-state index in [0.717, 1.165) is 25.0 Å². The Morgan fingerprint density at radius 3 is 2.44 bits per heavy atom. The van der Waals surface area contributed by atoms with Gasteiger partial charge < -0.3 is 0 Å². The first-order chi connectivity index (χ1) is 7.85. The van der Waals surface area contributed by atoms with Gasteiger partial charge in [-0.15, -0.1) is 0 Å². The molecule has 0 aliphatic carbocycles. The van der Waals surface area contributed by atoms with Crippen molar-refractivity contribution < 1.29 is 0 Å². The Balaban J connectivity index is 3.96. The molecule has 0 bridgehead atoms. The molecule has 0 N–H and O–H groups in total. The van der Waals surface area contributed by atoms with Crippen LogP contribution in [0.25, 0.3) is 0 Å². The summed E-state index contributed by atoms with van der Waals surface area (Å²) in [6.07, 6.45) is 19.8. The normalized spacial score (nSPS) is 14.1. The van der Waals surface area contributed by atoms with Crippen molar-refractivity contribution in [2.75, 3.05) is 0 Å². The minimum Gasteiger partial charge on any atom is -0.262 e. The van der Waals surface area contributed by atoms with Crippen LogP contribution in [0.5, 0.6) is 0 Å². The molecule has 88 valence electrons. The number of aliphatic imine (C=N–C) groups is 1. The fourth-order valence-electron chi connectivity index (χ4n) is 1.20. The van der Waals surface area contributed by atoms with Crippen LogP contribution in [0.15, 0.2) is 53.2 Å². The Kier molecular flexibility index (Phi) is 10.7.